The van der Waals surface area contributed by atoms with Crippen LogP contribution in [0.5, 0.6) is 0 Å². The molecule has 1 N–H and O–H groups in total. The second kappa shape index (κ2) is 7.21. The van der Waals surface area contributed by atoms with Crippen LogP contribution >= 0.6 is 11.6 Å². The SMILES string of the molecule is Cc1nn(Cc2ccc(Cl)cc2)c(C)c1Cn1cc(C2CCNC2)nn1. The highest BCUT2D eigenvalue weighted by atomic mass is 35.5. The highest BCUT2D eigenvalue weighted by Crippen LogP contribution is 2.21. The van der Waals surface area contributed by atoms with Crippen molar-refractivity contribution in [3.63, 3.8) is 0 Å². The van der Waals surface area contributed by atoms with E-state index in [2.05, 4.69) is 35.7 Å². The first-order valence-corrected chi connectivity index (χ1v) is 9.36. The molecule has 0 bridgehead atoms. The smallest absolute Gasteiger partial charge is 0.0871 e. The largest absolute Gasteiger partial charge is 0.316 e. The first-order valence-electron chi connectivity index (χ1n) is 8.98. The van der Waals surface area contributed by atoms with Gasteiger partial charge in [0.1, 0.15) is 0 Å². The third-order valence-corrected chi connectivity index (χ3v) is 5.38. The molecule has 1 unspecified atom stereocenters. The number of nitrogens with zero attached hydrogens (tertiary/aromatic N) is 5. The molecular weight excluding hydrogens is 348 g/mol. The Balaban J connectivity index is 1.52. The van der Waals surface area contributed by atoms with Crippen molar-refractivity contribution in [3.8, 4) is 0 Å². The molecule has 1 fully saturated rings. The molecular formula is C19H23ClN6. The third-order valence-electron chi connectivity index (χ3n) is 5.13. The molecule has 7 heteroatoms. The summed E-state index contributed by atoms with van der Waals surface area (Å²) in [7, 11) is 0. The van der Waals surface area contributed by atoms with Crippen molar-refractivity contribution in [2.45, 2.75) is 39.3 Å². The van der Waals surface area contributed by atoms with Crippen molar-refractivity contribution >= 4 is 11.6 Å². The second-order valence-corrected chi connectivity index (χ2v) is 7.40. The van der Waals surface area contributed by atoms with Gasteiger partial charge in [-0.25, -0.2) is 4.68 Å². The number of nitrogens with one attached hydrogen (secondary N) is 1. The fraction of sp³-hybridized carbons (Fsp3) is 0.421. The number of hydrogen-bond donors (Lipinski definition) is 1. The molecule has 136 valence electrons. The van der Waals surface area contributed by atoms with E-state index in [1.807, 2.05) is 33.6 Å². The highest BCUT2D eigenvalue weighted by Gasteiger charge is 2.20. The molecule has 1 aliphatic rings. The number of benzene rings is 1. The summed E-state index contributed by atoms with van der Waals surface area (Å²) in [4.78, 5) is 0. The Morgan fingerprint density at radius 1 is 1.19 bits per heavy atom. The van der Waals surface area contributed by atoms with E-state index in [1.165, 1.54) is 11.1 Å². The fourth-order valence-electron chi connectivity index (χ4n) is 3.53. The van der Waals surface area contributed by atoms with Crippen molar-refractivity contribution in [1.82, 2.24) is 30.1 Å². The van der Waals surface area contributed by atoms with E-state index in [0.29, 0.717) is 12.5 Å². The topological polar surface area (TPSA) is 60.6 Å². The van der Waals surface area contributed by atoms with E-state index in [0.717, 1.165) is 48.2 Å². The summed E-state index contributed by atoms with van der Waals surface area (Å²) in [6.07, 6.45) is 3.21. The predicted octanol–water partition coefficient (Wildman–Crippen LogP) is 2.92. The van der Waals surface area contributed by atoms with Crippen molar-refractivity contribution in [1.29, 1.82) is 0 Å². The van der Waals surface area contributed by atoms with Crippen LogP contribution < -0.4 is 5.32 Å². The fourth-order valence-corrected chi connectivity index (χ4v) is 3.65. The molecule has 0 aliphatic carbocycles. The zero-order valence-electron chi connectivity index (χ0n) is 15.1. The van der Waals surface area contributed by atoms with Gasteiger partial charge in [-0.3, -0.25) is 4.68 Å². The quantitative estimate of drug-likeness (QED) is 0.750. The highest BCUT2D eigenvalue weighted by molar-refractivity contribution is 6.30. The van der Waals surface area contributed by atoms with E-state index in [-0.39, 0.29) is 0 Å². The Kier molecular flexibility index (Phi) is 4.78. The maximum Gasteiger partial charge on any atom is 0.0871 e. The van der Waals surface area contributed by atoms with Crippen LogP contribution in [0.3, 0.4) is 0 Å². The summed E-state index contributed by atoms with van der Waals surface area (Å²) in [5.74, 6) is 0.485. The van der Waals surface area contributed by atoms with Crippen molar-refractivity contribution < 1.29 is 0 Å². The lowest BCUT2D eigenvalue weighted by Crippen LogP contribution is -2.08. The van der Waals surface area contributed by atoms with E-state index >= 15 is 0 Å². The number of hydrogen-bond acceptors (Lipinski definition) is 4. The van der Waals surface area contributed by atoms with E-state index in [9.17, 15) is 0 Å². The minimum Gasteiger partial charge on any atom is -0.316 e. The molecule has 6 nitrogen and oxygen atoms in total. The van der Waals surface area contributed by atoms with Crippen LogP contribution in [-0.2, 0) is 13.1 Å². The summed E-state index contributed by atoms with van der Waals surface area (Å²) < 4.78 is 3.98. The third kappa shape index (κ3) is 3.52. The first kappa shape index (κ1) is 17.2. The Morgan fingerprint density at radius 2 is 2.00 bits per heavy atom. The molecule has 0 spiro atoms. The zero-order valence-corrected chi connectivity index (χ0v) is 15.9. The van der Waals surface area contributed by atoms with Gasteiger partial charge in [-0.15, -0.1) is 5.10 Å². The molecule has 0 amide bonds. The van der Waals surface area contributed by atoms with Crippen LogP contribution in [0.15, 0.2) is 30.5 Å². The summed E-state index contributed by atoms with van der Waals surface area (Å²) >= 11 is 5.97. The van der Waals surface area contributed by atoms with Gasteiger partial charge in [-0.05, 0) is 44.5 Å². The lowest BCUT2D eigenvalue weighted by atomic mass is 10.1. The van der Waals surface area contributed by atoms with Gasteiger partial charge < -0.3 is 5.32 Å². The lowest BCUT2D eigenvalue weighted by Gasteiger charge is -2.06. The minimum absolute atomic E-state index is 0.485. The van der Waals surface area contributed by atoms with Crippen molar-refractivity contribution in [3.05, 3.63) is 63.7 Å². The van der Waals surface area contributed by atoms with Crippen LogP contribution in [-0.4, -0.2) is 37.9 Å². The molecule has 1 aromatic carbocycles. The van der Waals surface area contributed by atoms with Gasteiger partial charge in [-0.1, -0.05) is 28.9 Å². The molecule has 0 saturated carbocycles. The van der Waals surface area contributed by atoms with Gasteiger partial charge in [0.15, 0.2) is 0 Å². The van der Waals surface area contributed by atoms with Gasteiger partial charge in [0.05, 0.1) is 24.5 Å². The Hall–Kier alpha value is -2.18. The second-order valence-electron chi connectivity index (χ2n) is 6.96. The predicted molar refractivity (Wildman–Crippen MR) is 102 cm³/mol. The lowest BCUT2D eigenvalue weighted by molar-refractivity contribution is 0.636. The maximum absolute atomic E-state index is 5.97. The van der Waals surface area contributed by atoms with Crippen LogP contribution in [0.25, 0.3) is 0 Å². The number of halogens is 1. The normalized spacial score (nSPS) is 17.1. The van der Waals surface area contributed by atoms with Gasteiger partial charge in [0, 0.05) is 34.9 Å². The van der Waals surface area contributed by atoms with E-state index in [4.69, 9.17) is 16.7 Å². The minimum atomic E-state index is 0.485. The number of rotatable bonds is 5. The molecule has 1 atom stereocenters. The molecule has 0 radical (unpaired) electrons. The van der Waals surface area contributed by atoms with Gasteiger partial charge in [0.2, 0.25) is 0 Å². The van der Waals surface area contributed by atoms with Crippen LogP contribution in [0.1, 0.15) is 40.5 Å². The standard InChI is InChI=1S/C19H23ClN6/c1-13-18(11-25-12-19(22-24-25)16-7-8-21-9-16)14(2)26(23-13)10-15-3-5-17(20)6-4-15/h3-6,12,16,21H,7-11H2,1-2H3. The molecule has 1 saturated heterocycles. The van der Waals surface area contributed by atoms with E-state index in [1.54, 1.807) is 0 Å². The molecule has 26 heavy (non-hydrogen) atoms. The van der Waals surface area contributed by atoms with Gasteiger partial charge >= 0.3 is 0 Å². The maximum atomic E-state index is 5.97. The Labute approximate surface area is 158 Å². The van der Waals surface area contributed by atoms with Gasteiger partial charge in [0.25, 0.3) is 0 Å². The van der Waals surface area contributed by atoms with Crippen LogP contribution in [0.2, 0.25) is 5.02 Å². The summed E-state index contributed by atoms with van der Waals surface area (Å²) in [6.45, 7) is 7.66. The van der Waals surface area contributed by atoms with Crippen LogP contribution in [0, 0.1) is 13.8 Å². The van der Waals surface area contributed by atoms with E-state index < -0.39 is 0 Å². The molecule has 2 aromatic heterocycles. The van der Waals surface area contributed by atoms with Gasteiger partial charge in [-0.2, -0.15) is 5.10 Å². The summed E-state index contributed by atoms with van der Waals surface area (Å²) in [6, 6.07) is 7.91. The molecule has 4 rings (SSSR count). The van der Waals surface area contributed by atoms with Crippen molar-refractivity contribution in [2.24, 2.45) is 0 Å². The molecule has 3 aromatic rings. The Morgan fingerprint density at radius 3 is 2.73 bits per heavy atom. The first-order chi connectivity index (χ1) is 12.6. The number of aryl methyl sites for hydroxylation is 1. The van der Waals surface area contributed by atoms with Crippen molar-refractivity contribution in [2.75, 3.05) is 13.1 Å². The Bertz CT molecular complexity index is 889. The average Bonchev–Trinajstić information content (AvgIpc) is 3.35. The molecule has 3 heterocycles. The molecule has 1 aliphatic heterocycles. The van der Waals surface area contributed by atoms with Crippen LogP contribution in [0.4, 0.5) is 0 Å². The zero-order chi connectivity index (χ0) is 18.1. The summed E-state index contributed by atoms with van der Waals surface area (Å²) in [5, 5.41) is 17.6. The average molecular weight is 371 g/mol. The monoisotopic (exact) mass is 370 g/mol. The number of aromatic nitrogens is 5. The summed E-state index contributed by atoms with van der Waals surface area (Å²) in [5.41, 5.74) is 5.68.